The Morgan fingerprint density at radius 1 is 1.29 bits per heavy atom. The number of hydrogen-bond donors (Lipinski definition) is 0. The molecule has 0 unspecified atom stereocenters. The minimum atomic E-state index is 0.395. The van der Waals surface area contributed by atoms with Crippen LogP contribution in [0.2, 0.25) is 10.2 Å². The number of aromatic nitrogens is 1. The summed E-state index contributed by atoms with van der Waals surface area (Å²) in [6.07, 6.45) is 0. The Morgan fingerprint density at radius 2 is 2.00 bits per heavy atom. The summed E-state index contributed by atoms with van der Waals surface area (Å²) in [5, 5.41) is 1.93. The molecule has 0 saturated heterocycles. The zero-order valence-electron chi connectivity index (χ0n) is 7.31. The minimum Gasteiger partial charge on any atom is -0.235 e. The van der Waals surface area contributed by atoms with E-state index >= 15 is 0 Å². The molecule has 1 nitrogen and oxygen atoms in total. The van der Waals surface area contributed by atoms with E-state index in [1.165, 1.54) is 0 Å². The summed E-state index contributed by atoms with van der Waals surface area (Å²) >= 11 is 15.3. The summed E-state index contributed by atoms with van der Waals surface area (Å²) < 4.78 is 0.652. The van der Waals surface area contributed by atoms with Crippen LogP contribution in [0.5, 0.6) is 0 Å². The molecule has 0 saturated carbocycles. The number of hydrogen-bond acceptors (Lipinski definition) is 1. The monoisotopic (exact) mass is 289 g/mol. The molecule has 2 rings (SSSR count). The molecule has 1 aromatic carbocycles. The van der Waals surface area contributed by atoms with Crippen molar-refractivity contribution >= 4 is 50.0 Å². The van der Waals surface area contributed by atoms with Crippen LogP contribution in [-0.2, 0) is 0 Å². The molecular weight excluding hydrogens is 285 g/mol. The van der Waals surface area contributed by atoms with Crippen LogP contribution in [0.4, 0.5) is 0 Å². The van der Waals surface area contributed by atoms with Gasteiger partial charge in [-0.3, -0.25) is 0 Å². The summed E-state index contributed by atoms with van der Waals surface area (Å²) in [5.41, 5.74) is 1.96. The maximum atomic E-state index is 6.13. The molecule has 0 bridgehead atoms. The smallest absolute Gasteiger partial charge is 0.145 e. The molecule has 1 heterocycles. The van der Waals surface area contributed by atoms with Crippen molar-refractivity contribution < 1.29 is 0 Å². The van der Waals surface area contributed by atoms with Crippen molar-refractivity contribution in [2.75, 3.05) is 0 Å². The predicted octanol–water partition coefficient (Wildman–Crippen LogP) is 4.61. The van der Waals surface area contributed by atoms with Gasteiger partial charge in [0.2, 0.25) is 0 Å². The molecule has 0 spiro atoms. The molecule has 4 heteroatoms. The second kappa shape index (κ2) is 3.69. The standard InChI is InChI=1S/C10H6BrCl2N/c1-5-2-3-7-6(4-5)9(12)8(11)10(13)14-7/h2-4H,1H3. The fourth-order valence-electron chi connectivity index (χ4n) is 1.29. The van der Waals surface area contributed by atoms with Crippen molar-refractivity contribution in [3.63, 3.8) is 0 Å². The van der Waals surface area contributed by atoms with Gasteiger partial charge in [-0.15, -0.1) is 0 Å². The maximum Gasteiger partial charge on any atom is 0.145 e. The average Bonchev–Trinajstić information content (AvgIpc) is 2.16. The van der Waals surface area contributed by atoms with Crippen molar-refractivity contribution in [3.05, 3.63) is 38.4 Å². The van der Waals surface area contributed by atoms with Crippen molar-refractivity contribution in [2.24, 2.45) is 0 Å². The largest absolute Gasteiger partial charge is 0.235 e. The predicted molar refractivity (Wildman–Crippen MR) is 64.2 cm³/mol. The van der Waals surface area contributed by atoms with Crippen molar-refractivity contribution in [1.82, 2.24) is 4.98 Å². The van der Waals surface area contributed by atoms with Crippen LogP contribution in [0.3, 0.4) is 0 Å². The first-order valence-corrected chi connectivity index (χ1v) is 5.55. The fraction of sp³-hybridized carbons (Fsp3) is 0.100. The van der Waals surface area contributed by atoms with Gasteiger partial charge in [-0.05, 0) is 35.0 Å². The topological polar surface area (TPSA) is 12.9 Å². The van der Waals surface area contributed by atoms with E-state index in [-0.39, 0.29) is 0 Å². The molecule has 0 atom stereocenters. The first-order chi connectivity index (χ1) is 6.59. The van der Waals surface area contributed by atoms with Gasteiger partial charge in [0.15, 0.2) is 0 Å². The van der Waals surface area contributed by atoms with E-state index in [1.54, 1.807) is 0 Å². The van der Waals surface area contributed by atoms with Crippen LogP contribution < -0.4 is 0 Å². The molecule has 0 amide bonds. The summed E-state index contributed by atoms with van der Waals surface area (Å²) in [7, 11) is 0. The van der Waals surface area contributed by atoms with Gasteiger partial charge < -0.3 is 0 Å². The van der Waals surface area contributed by atoms with Gasteiger partial charge in [0, 0.05) is 5.39 Å². The zero-order valence-corrected chi connectivity index (χ0v) is 10.4. The van der Waals surface area contributed by atoms with Crippen LogP contribution in [0.25, 0.3) is 10.9 Å². The highest BCUT2D eigenvalue weighted by Crippen LogP contribution is 2.34. The molecule has 0 aliphatic carbocycles. The van der Waals surface area contributed by atoms with Gasteiger partial charge in [-0.1, -0.05) is 34.8 Å². The van der Waals surface area contributed by atoms with Crippen molar-refractivity contribution in [2.45, 2.75) is 6.92 Å². The molecule has 14 heavy (non-hydrogen) atoms. The molecule has 0 N–H and O–H groups in total. The third-order valence-corrected chi connectivity index (χ3v) is 3.88. The van der Waals surface area contributed by atoms with Crippen LogP contribution in [0.1, 0.15) is 5.56 Å². The van der Waals surface area contributed by atoms with Gasteiger partial charge in [-0.2, -0.15) is 0 Å². The highest BCUT2D eigenvalue weighted by molar-refractivity contribution is 9.10. The number of benzene rings is 1. The molecule has 0 fully saturated rings. The summed E-state index contributed by atoms with van der Waals surface area (Å²) in [6, 6.07) is 5.89. The Morgan fingerprint density at radius 3 is 2.71 bits per heavy atom. The number of halogens is 3. The molecular formula is C10H6BrCl2N. The lowest BCUT2D eigenvalue weighted by atomic mass is 10.1. The number of nitrogens with zero attached hydrogens (tertiary/aromatic N) is 1. The van der Waals surface area contributed by atoms with Crippen LogP contribution in [0, 0.1) is 6.92 Å². The van der Waals surface area contributed by atoms with E-state index in [4.69, 9.17) is 23.2 Å². The quantitative estimate of drug-likeness (QED) is 0.646. The Balaban J connectivity index is 2.92. The van der Waals surface area contributed by atoms with Gasteiger partial charge in [0.05, 0.1) is 15.0 Å². The van der Waals surface area contributed by atoms with E-state index in [0.29, 0.717) is 14.6 Å². The van der Waals surface area contributed by atoms with Gasteiger partial charge >= 0.3 is 0 Å². The number of rotatable bonds is 0. The normalized spacial score (nSPS) is 10.9. The summed E-state index contributed by atoms with van der Waals surface area (Å²) in [5.74, 6) is 0. The first kappa shape index (κ1) is 10.2. The lowest BCUT2D eigenvalue weighted by Crippen LogP contribution is -1.85. The second-order valence-corrected chi connectivity index (χ2v) is 4.58. The van der Waals surface area contributed by atoms with E-state index in [1.807, 2.05) is 25.1 Å². The molecule has 0 aliphatic rings. The molecule has 0 radical (unpaired) electrons. The Labute approximate surface area is 100 Å². The highest BCUT2D eigenvalue weighted by atomic mass is 79.9. The van der Waals surface area contributed by atoms with Crippen LogP contribution in [-0.4, -0.2) is 4.98 Å². The van der Waals surface area contributed by atoms with E-state index < -0.39 is 0 Å². The highest BCUT2D eigenvalue weighted by Gasteiger charge is 2.09. The number of pyridine rings is 1. The molecule has 1 aromatic heterocycles. The van der Waals surface area contributed by atoms with Crippen LogP contribution in [0.15, 0.2) is 22.7 Å². The second-order valence-electron chi connectivity index (χ2n) is 3.05. The van der Waals surface area contributed by atoms with Gasteiger partial charge in [0.25, 0.3) is 0 Å². The fourth-order valence-corrected chi connectivity index (χ4v) is 2.06. The third-order valence-electron chi connectivity index (χ3n) is 1.98. The third kappa shape index (κ3) is 1.62. The van der Waals surface area contributed by atoms with Crippen LogP contribution >= 0.6 is 39.1 Å². The number of fused-ring (bicyclic) bond motifs is 1. The zero-order chi connectivity index (χ0) is 10.3. The lowest BCUT2D eigenvalue weighted by Gasteiger charge is -2.04. The minimum absolute atomic E-state index is 0.395. The average molecular weight is 291 g/mol. The Hall–Kier alpha value is -0.310. The summed E-state index contributed by atoms with van der Waals surface area (Å²) in [4.78, 5) is 4.21. The Kier molecular flexibility index (Phi) is 2.69. The Bertz CT molecular complexity index is 511. The van der Waals surface area contributed by atoms with E-state index in [2.05, 4.69) is 20.9 Å². The van der Waals surface area contributed by atoms with Gasteiger partial charge in [0.1, 0.15) is 5.15 Å². The van der Waals surface area contributed by atoms with E-state index in [0.717, 1.165) is 16.5 Å². The van der Waals surface area contributed by atoms with E-state index in [9.17, 15) is 0 Å². The van der Waals surface area contributed by atoms with Crippen molar-refractivity contribution in [3.8, 4) is 0 Å². The SMILES string of the molecule is Cc1ccc2nc(Cl)c(Br)c(Cl)c2c1. The molecule has 2 aromatic rings. The maximum absolute atomic E-state index is 6.13. The lowest BCUT2D eigenvalue weighted by molar-refractivity contribution is 1.37. The molecule has 72 valence electrons. The van der Waals surface area contributed by atoms with Crippen molar-refractivity contribution in [1.29, 1.82) is 0 Å². The molecule has 0 aliphatic heterocycles. The number of aryl methyl sites for hydroxylation is 1. The summed E-state index contributed by atoms with van der Waals surface area (Å²) in [6.45, 7) is 2.01. The van der Waals surface area contributed by atoms with Gasteiger partial charge in [-0.25, -0.2) is 4.98 Å². The first-order valence-electron chi connectivity index (χ1n) is 4.00.